The van der Waals surface area contributed by atoms with Gasteiger partial charge in [-0.15, -0.1) is 0 Å². The van der Waals surface area contributed by atoms with Crippen LogP contribution in [0.2, 0.25) is 0 Å². The Morgan fingerprint density at radius 3 is 3.07 bits per heavy atom. The Bertz CT molecular complexity index is 309. The van der Waals surface area contributed by atoms with Crippen LogP contribution < -0.4 is 0 Å². The quantitative estimate of drug-likeness (QED) is 0.715. The first-order valence-corrected chi connectivity index (χ1v) is 4.45. The zero-order valence-corrected chi connectivity index (χ0v) is 8.30. The van der Waals surface area contributed by atoms with Crippen molar-refractivity contribution in [2.24, 2.45) is 0 Å². The summed E-state index contributed by atoms with van der Waals surface area (Å²) in [5, 5.41) is 9.64. The van der Waals surface area contributed by atoms with Crippen molar-refractivity contribution in [3.05, 3.63) is 18.2 Å². The summed E-state index contributed by atoms with van der Waals surface area (Å²) < 4.78 is 6.24. The number of aryl methyl sites for hydroxylation is 1. The second-order valence-electron chi connectivity index (χ2n) is 2.87. The molecule has 0 aliphatic rings. The second kappa shape index (κ2) is 4.76. The Hall–Kier alpha value is -1.36. The number of hydrogen-bond donors (Lipinski definition) is 1. The predicted octanol–water partition coefficient (Wildman–Crippen LogP) is 0.499. The van der Waals surface area contributed by atoms with E-state index in [0.29, 0.717) is 12.4 Å². The van der Waals surface area contributed by atoms with Crippen molar-refractivity contribution < 1.29 is 14.6 Å². The summed E-state index contributed by atoms with van der Waals surface area (Å²) in [4.78, 5) is 14.9. The van der Waals surface area contributed by atoms with Crippen LogP contribution in [0.15, 0.2) is 12.4 Å². The smallest absolute Gasteiger partial charge is 0.308 e. The first-order chi connectivity index (χ1) is 6.69. The zero-order valence-electron chi connectivity index (χ0n) is 8.30. The number of aliphatic hydroxyl groups is 1. The van der Waals surface area contributed by atoms with E-state index >= 15 is 0 Å². The van der Waals surface area contributed by atoms with Crippen LogP contribution >= 0.6 is 0 Å². The van der Waals surface area contributed by atoms with Crippen LogP contribution in [0.4, 0.5) is 0 Å². The topological polar surface area (TPSA) is 64.3 Å². The largest absolute Gasteiger partial charge is 0.469 e. The predicted molar refractivity (Wildman–Crippen MR) is 49.5 cm³/mol. The lowest BCUT2D eigenvalue weighted by Crippen LogP contribution is -2.12. The Balaban J connectivity index is 2.68. The van der Waals surface area contributed by atoms with Gasteiger partial charge in [-0.3, -0.25) is 4.79 Å². The van der Waals surface area contributed by atoms with E-state index in [1.165, 1.54) is 7.11 Å². The van der Waals surface area contributed by atoms with Gasteiger partial charge in [0.2, 0.25) is 0 Å². The van der Waals surface area contributed by atoms with Crippen molar-refractivity contribution in [1.82, 2.24) is 9.55 Å². The van der Waals surface area contributed by atoms with Gasteiger partial charge in [0.15, 0.2) is 0 Å². The molecule has 0 aliphatic carbocycles. The first kappa shape index (κ1) is 10.7. The standard InChI is InChI=1S/C9H14N2O3/c1-3-11-5-4-10-9(11)7(12)6-8(13)14-2/h4-5,7,12H,3,6H2,1-2H3. The highest BCUT2D eigenvalue weighted by Gasteiger charge is 2.17. The number of hydrogen-bond acceptors (Lipinski definition) is 4. The van der Waals surface area contributed by atoms with E-state index in [9.17, 15) is 9.90 Å². The Morgan fingerprint density at radius 1 is 1.79 bits per heavy atom. The average Bonchev–Trinajstić information content (AvgIpc) is 2.65. The molecule has 0 fully saturated rings. The Kier molecular flexibility index (Phi) is 3.64. The molecule has 0 bridgehead atoms. The van der Waals surface area contributed by atoms with Crippen LogP contribution in [0.1, 0.15) is 25.3 Å². The second-order valence-corrected chi connectivity index (χ2v) is 2.87. The number of aromatic nitrogens is 2. The third kappa shape index (κ3) is 2.32. The Labute approximate surface area is 82.3 Å². The molecule has 5 heteroatoms. The molecule has 78 valence electrons. The van der Waals surface area contributed by atoms with E-state index in [0.717, 1.165) is 0 Å². The summed E-state index contributed by atoms with van der Waals surface area (Å²) in [5.41, 5.74) is 0. The molecule has 0 saturated carbocycles. The SMILES string of the molecule is CCn1ccnc1C(O)CC(=O)OC. The summed E-state index contributed by atoms with van der Waals surface area (Å²) in [7, 11) is 1.29. The molecule has 1 aromatic heterocycles. The maximum Gasteiger partial charge on any atom is 0.308 e. The molecule has 1 aromatic rings. The van der Waals surface area contributed by atoms with Crippen LogP contribution in [-0.2, 0) is 16.1 Å². The third-order valence-electron chi connectivity index (χ3n) is 1.97. The van der Waals surface area contributed by atoms with Crippen LogP contribution in [0.5, 0.6) is 0 Å². The van der Waals surface area contributed by atoms with Crippen LogP contribution in [0, 0.1) is 0 Å². The van der Waals surface area contributed by atoms with E-state index in [4.69, 9.17) is 0 Å². The molecular weight excluding hydrogens is 184 g/mol. The minimum absolute atomic E-state index is 0.0620. The number of carbonyl (C=O) groups excluding carboxylic acids is 1. The summed E-state index contributed by atoms with van der Waals surface area (Å²) in [6, 6.07) is 0. The number of ether oxygens (including phenoxy) is 1. The molecule has 1 N–H and O–H groups in total. The molecule has 1 unspecified atom stereocenters. The van der Waals surface area contributed by atoms with Gasteiger partial charge in [0.1, 0.15) is 11.9 Å². The molecule has 1 rings (SSSR count). The molecule has 0 aromatic carbocycles. The minimum atomic E-state index is -0.891. The summed E-state index contributed by atoms with van der Waals surface area (Å²) >= 11 is 0. The van der Waals surface area contributed by atoms with Crippen molar-refractivity contribution in [1.29, 1.82) is 0 Å². The number of esters is 1. The molecule has 14 heavy (non-hydrogen) atoms. The molecule has 1 atom stereocenters. The zero-order chi connectivity index (χ0) is 10.6. The van der Waals surface area contributed by atoms with Crippen LogP contribution in [0.3, 0.4) is 0 Å². The highest BCUT2D eigenvalue weighted by atomic mass is 16.5. The molecule has 5 nitrogen and oxygen atoms in total. The van der Waals surface area contributed by atoms with Gasteiger partial charge >= 0.3 is 5.97 Å². The van der Waals surface area contributed by atoms with Gasteiger partial charge in [0.05, 0.1) is 13.5 Å². The third-order valence-corrected chi connectivity index (χ3v) is 1.97. The highest BCUT2D eigenvalue weighted by molar-refractivity contribution is 5.69. The molecule has 0 radical (unpaired) electrons. The van der Waals surface area contributed by atoms with E-state index in [1.54, 1.807) is 17.0 Å². The lowest BCUT2D eigenvalue weighted by Gasteiger charge is -2.10. The van der Waals surface area contributed by atoms with Gasteiger partial charge in [-0.1, -0.05) is 0 Å². The number of nitrogens with zero attached hydrogens (tertiary/aromatic N) is 2. The number of carbonyl (C=O) groups is 1. The fourth-order valence-electron chi connectivity index (χ4n) is 1.22. The molecular formula is C9H14N2O3. The first-order valence-electron chi connectivity index (χ1n) is 4.45. The molecule has 0 saturated heterocycles. The number of aliphatic hydroxyl groups excluding tert-OH is 1. The van der Waals surface area contributed by atoms with Crippen molar-refractivity contribution >= 4 is 5.97 Å². The van der Waals surface area contributed by atoms with E-state index in [-0.39, 0.29) is 6.42 Å². The normalized spacial score (nSPS) is 12.5. The minimum Gasteiger partial charge on any atom is -0.469 e. The van der Waals surface area contributed by atoms with Gasteiger partial charge < -0.3 is 14.4 Å². The summed E-state index contributed by atoms with van der Waals surface area (Å²) in [5.74, 6) is 0.0565. The Morgan fingerprint density at radius 2 is 2.50 bits per heavy atom. The summed E-state index contributed by atoms with van der Waals surface area (Å²) in [6.07, 6.45) is 2.40. The lowest BCUT2D eigenvalue weighted by atomic mass is 10.2. The molecule has 1 heterocycles. The summed E-state index contributed by atoms with van der Waals surface area (Å²) in [6.45, 7) is 2.66. The van der Waals surface area contributed by atoms with Crippen molar-refractivity contribution in [3.8, 4) is 0 Å². The fourth-order valence-corrected chi connectivity index (χ4v) is 1.22. The fraction of sp³-hybridized carbons (Fsp3) is 0.556. The number of rotatable bonds is 4. The maximum absolute atomic E-state index is 10.9. The van der Waals surface area contributed by atoms with Crippen LogP contribution in [0.25, 0.3) is 0 Å². The van der Waals surface area contributed by atoms with E-state index in [1.807, 2.05) is 6.92 Å². The maximum atomic E-state index is 10.9. The lowest BCUT2D eigenvalue weighted by molar-refractivity contribution is -0.143. The monoisotopic (exact) mass is 198 g/mol. The van der Waals surface area contributed by atoms with E-state index < -0.39 is 12.1 Å². The van der Waals surface area contributed by atoms with Gasteiger partial charge in [-0.2, -0.15) is 0 Å². The van der Waals surface area contributed by atoms with Gasteiger partial charge in [-0.05, 0) is 6.92 Å². The average molecular weight is 198 g/mol. The number of imidazole rings is 1. The van der Waals surface area contributed by atoms with Crippen molar-refractivity contribution in [2.45, 2.75) is 26.0 Å². The van der Waals surface area contributed by atoms with E-state index in [2.05, 4.69) is 9.72 Å². The number of methoxy groups -OCH3 is 1. The highest BCUT2D eigenvalue weighted by Crippen LogP contribution is 2.14. The van der Waals surface area contributed by atoms with Crippen molar-refractivity contribution in [2.75, 3.05) is 7.11 Å². The van der Waals surface area contributed by atoms with Crippen LogP contribution in [-0.4, -0.2) is 27.7 Å². The molecule has 0 amide bonds. The van der Waals surface area contributed by atoms with Gasteiger partial charge in [0, 0.05) is 18.9 Å². The van der Waals surface area contributed by atoms with Gasteiger partial charge in [-0.25, -0.2) is 4.98 Å². The molecule has 0 aliphatic heterocycles. The van der Waals surface area contributed by atoms with Gasteiger partial charge in [0.25, 0.3) is 0 Å². The van der Waals surface area contributed by atoms with Crippen molar-refractivity contribution in [3.63, 3.8) is 0 Å². The molecule has 0 spiro atoms.